The summed E-state index contributed by atoms with van der Waals surface area (Å²) >= 11 is 0. The summed E-state index contributed by atoms with van der Waals surface area (Å²) in [5.74, 6) is 0.819. The minimum absolute atomic E-state index is 0. The Balaban J connectivity index is 0.00000105. The Kier molecular flexibility index (Phi) is 5.68. The van der Waals surface area contributed by atoms with E-state index in [0.717, 1.165) is 32.7 Å². The second-order valence-electron chi connectivity index (χ2n) is 5.99. The molecule has 0 aromatic heterocycles. The Morgan fingerprint density at radius 3 is 1.41 bits per heavy atom. The van der Waals surface area contributed by atoms with Gasteiger partial charge in [0.25, 0.3) is 0 Å². The fraction of sp³-hybridized carbons (Fsp3) is 0. The molecule has 0 aliphatic carbocycles. The van der Waals surface area contributed by atoms with E-state index in [1.165, 1.54) is 0 Å². The number of fused-ring (bicyclic) bond motifs is 7. The molecule has 7 heteroatoms. The van der Waals surface area contributed by atoms with E-state index in [0.29, 0.717) is 11.5 Å². The summed E-state index contributed by atoms with van der Waals surface area (Å²) in [7, 11) is -4.00. The van der Waals surface area contributed by atoms with Crippen molar-refractivity contribution in [3.05, 3.63) is 72.8 Å². The molecule has 1 aliphatic rings. The Morgan fingerprint density at radius 1 is 0.556 bits per heavy atom. The first kappa shape index (κ1) is 20.3. The summed E-state index contributed by atoms with van der Waals surface area (Å²) < 4.78 is 11.0. The predicted molar refractivity (Wildman–Crippen MR) is 99.5 cm³/mol. The largest absolute Gasteiger partial charge is 0.663 e. The summed E-state index contributed by atoms with van der Waals surface area (Å²) in [6.07, 6.45) is 0. The zero-order chi connectivity index (χ0) is 17.0. The molecule has 4 aromatic carbocycles. The third-order valence-electron chi connectivity index (χ3n) is 4.47. The van der Waals surface area contributed by atoms with Gasteiger partial charge in [0.15, 0.2) is 11.5 Å². The number of rotatable bonds is 0. The molecule has 0 saturated carbocycles. The Labute approximate surface area is 182 Å². The Morgan fingerprint density at radius 2 is 0.963 bits per heavy atom. The van der Waals surface area contributed by atoms with Crippen LogP contribution in [0.1, 0.15) is 0 Å². The van der Waals surface area contributed by atoms with Gasteiger partial charge in [-0.25, -0.2) is 0 Å². The smallest absolute Gasteiger partial charge is 0.254 e. The molecule has 0 atom stereocenters. The van der Waals surface area contributed by atoms with Gasteiger partial charge in [0, 0.05) is 50.1 Å². The molecular weight excluding hydrogens is 541 g/mol. The van der Waals surface area contributed by atoms with Crippen molar-refractivity contribution in [2.24, 2.45) is 0 Å². The van der Waals surface area contributed by atoms with Crippen LogP contribution in [0.4, 0.5) is 0 Å². The molecule has 4 aromatic rings. The summed E-state index contributed by atoms with van der Waals surface area (Å²) in [6, 6.07) is 23.3. The molecule has 27 heavy (non-hydrogen) atoms. The molecule has 0 saturated heterocycles. The molecule has 4 nitrogen and oxygen atoms in total. The molecule has 0 unspecified atom stereocenters. The summed E-state index contributed by atoms with van der Waals surface area (Å²) in [6.45, 7) is 0. The number of hydrogen-bond acceptors (Lipinski definition) is 4. The fourth-order valence-corrected chi connectivity index (χ4v) is 4.30. The van der Waals surface area contributed by atoms with Gasteiger partial charge in [-0.15, -0.1) is 0 Å². The van der Waals surface area contributed by atoms with Gasteiger partial charge in [0.1, 0.15) is 0 Å². The first-order valence-electron chi connectivity index (χ1n) is 7.90. The van der Waals surface area contributed by atoms with Gasteiger partial charge < -0.3 is 0 Å². The average Bonchev–Trinajstić information content (AvgIpc) is 2.73. The van der Waals surface area contributed by atoms with Crippen molar-refractivity contribution >= 4 is 29.7 Å². The molecule has 5 rings (SSSR count). The minimum atomic E-state index is -4.00. The van der Waals surface area contributed by atoms with Crippen LogP contribution in [0.5, 0.6) is 11.5 Å². The SMILES string of the molecule is O[P+]1(O)Oc2ccc3ccccc3c2-c2c(ccc3ccccc23)O1.[Rh].[Rh]. The Hall–Kier alpha value is -1.40. The second kappa shape index (κ2) is 7.55. The van der Waals surface area contributed by atoms with E-state index in [1.807, 2.05) is 60.7 Å². The van der Waals surface area contributed by atoms with Crippen LogP contribution >= 0.6 is 8.17 Å². The molecule has 2 radical (unpaired) electrons. The van der Waals surface area contributed by atoms with Crippen molar-refractivity contribution < 1.29 is 57.8 Å². The van der Waals surface area contributed by atoms with E-state index in [4.69, 9.17) is 9.05 Å². The van der Waals surface area contributed by atoms with E-state index in [1.54, 1.807) is 12.1 Å². The number of benzene rings is 4. The molecular formula is C20H14O4PRh2+. The van der Waals surface area contributed by atoms with Gasteiger partial charge >= 0.3 is 8.17 Å². The quantitative estimate of drug-likeness (QED) is 0.235. The van der Waals surface area contributed by atoms with Gasteiger partial charge in [-0.2, -0.15) is 9.79 Å². The summed E-state index contributed by atoms with van der Waals surface area (Å²) in [5.41, 5.74) is 1.63. The van der Waals surface area contributed by atoms with Gasteiger partial charge in [-0.05, 0) is 33.7 Å². The zero-order valence-electron chi connectivity index (χ0n) is 13.8. The van der Waals surface area contributed by atoms with E-state index in [-0.39, 0.29) is 39.0 Å². The van der Waals surface area contributed by atoms with Crippen LogP contribution < -0.4 is 9.05 Å². The van der Waals surface area contributed by atoms with Crippen LogP contribution in [0, 0.1) is 0 Å². The van der Waals surface area contributed by atoms with Crippen LogP contribution in [0.2, 0.25) is 0 Å². The topological polar surface area (TPSA) is 58.9 Å². The monoisotopic (exact) mass is 555 g/mol. The zero-order valence-corrected chi connectivity index (χ0v) is 17.9. The predicted octanol–water partition coefficient (Wildman–Crippen LogP) is 5.09. The maximum Gasteiger partial charge on any atom is 0.663 e. The van der Waals surface area contributed by atoms with Crippen LogP contribution in [0.25, 0.3) is 32.7 Å². The molecule has 0 spiro atoms. The second-order valence-corrected chi connectivity index (χ2v) is 7.34. The minimum Gasteiger partial charge on any atom is -0.254 e. The molecule has 1 heterocycles. The van der Waals surface area contributed by atoms with E-state index < -0.39 is 8.17 Å². The van der Waals surface area contributed by atoms with Crippen molar-refractivity contribution in [2.75, 3.05) is 0 Å². The van der Waals surface area contributed by atoms with Crippen LogP contribution in [-0.4, -0.2) is 9.79 Å². The standard InChI is InChI=1S/C20H14O4P.2Rh/c21-25(22)23-17-11-9-13-5-1-3-7-15(13)19(17)20-16-8-4-2-6-14(16)10-12-18(20)24-25;;/h1-12,21-22H;;/q+1;;. The maximum absolute atomic E-state index is 10.2. The third kappa shape index (κ3) is 3.42. The number of hydrogen-bond donors (Lipinski definition) is 2. The van der Waals surface area contributed by atoms with E-state index in [9.17, 15) is 9.79 Å². The van der Waals surface area contributed by atoms with Crippen molar-refractivity contribution in [1.82, 2.24) is 0 Å². The van der Waals surface area contributed by atoms with E-state index >= 15 is 0 Å². The molecule has 0 fully saturated rings. The fourth-order valence-electron chi connectivity index (χ4n) is 3.45. The van der Waals surface area contributed by atoms with Crippen LogP contribution in [0.15, 0.2) is 72.8 Å². The van der Waals surface area contributed by atoms with Gasteiger partial charge in [0.05, 0.1) is 0 Å². The van der Waals surface area contributed by atoms with Gasteiger partial charge in [0.2, 0.25) is 0 Å². The molecule has 0 bridgehead atoms. The molecule has 1 aliphatic heterocycles. The normalized spacial score (nSPS) is 13.9. The first-order chi connectivity index (χ1) is 12.1. The average molecular weight is 555 g/mol. The third-order valence-corrected chi connectivity index (χ3v) is 5.34. The molecule has 0 amide bonds. The van der Waals surface area contributed by atoms with Crippen molar-refractivity contribution in [3.8, 4) is 22.6 Å². The summed E-state index contributed by atoms with van der Waals surface area (Å²) in [5, 5.41) is 4.04. The van der Waals surface area contributed by atoms with Crippen molar-refractivity contribution in [2.45, 2.75) is 0 Å². The van der Waals surface area contributed by atoms with Crippen LogP contribution in [0.3, 0.4) is 0 Å². The van der Waals surface area contributed by atoms with E-state index in [2.05, 4.69) is 0 Å². The maximum atomic E-state index is 10.2. The van der Waals surface area contributed by atoms with Crippen molar-refractivity contribution in [3.63, 3.8) is 0 Å². The van der Waals surface area contributed by atoms with Crippen molar-refractivity contribution in [1.29, 1.82) is 0 Å². The Bertz CT molecular complexity index is 1060. The molecule has 140 valence electrons. The van der Waals surface area contributed by atoms with Crippen LogP contribution in [-0.2, 0) is 39.0 Å². The van der Waals surface area contributed by atoms with Gasteiger partial charge in [-0.1, -0.05) is 60.7 Å². The molecule has 2 N–H and O–H groups in total. The van der Waals surface area contributed by atoms with Gasteiger partial charge in [-0.3, -0.25) is 9.05 Å². The first-order valence-corrected chi connectivity index (χ1v) is 9.43. The summed E-state index contributed by atoms with van der Waals surface area (Å²) in [4.78, 5) is 20.4.